The Bertz CT molecular complexity index is 1830. The number of aryl methyl sites for hydroxylation is 1. The number of esters is 2. The first-order valence-electron chi connectivity index (χ1n) is 19.3. The van der Waals surface area contributed by atoms with Crippen LogP contribution in [0.2, 0.25) is 0 Å². The smallest absolute Gasteiger partial charge is 0.358 e. The first-order valence-corrected chi connectivity index (χ1v) is 19.3. The van der Waals surface area contributed by atoms with Crippen molar-refractivity contribution >= 4 is 18.0 Å². The second-order valence-corrected chi connectivity index (χ2v) is 15.8. The van der Waals surface area contributed by atoms with E-state index in [0.717, 1.165) is 6.42 Å². The number of fused-ring (bicyclic) bond motifs is 5. The quantitative estimate of drug-likeness (QED) is 0.198. The molecule has 1 aliphatic carbocycles. The number of imidazole rings is 2. The number of hydrogen-bond acceptors (Lipinski definition) is 8. The zero-order chi connectivity index (χ0) is 40.2. The van der Waals surface area contributed by atoms with Gasteiger partial charge in [0.2, 0.25) is 0 Å². The van der Waals surface area contributed by atoms with Crippen LogP contribution in [0.1, 0.15) is 100 Å². The summed E-state index contributed by atoms with van der Waals surface area (Å²) in [5, 5.41) is 21.9. The Hall–Kier alpha value is -4.80. The molecule has 1 saturated carbocycles. The number of aliphatic hydroxyl groups excluding tert-OH is 2. The topological polar surface area (TPSA) is 140 Å². The molecule has 3 heterocycles. The number of rotatable bonds is 6. The Morgan fingerprint density at radius 3 is 2.11 bits per heavy atom. The molecule has 0 aromatic carbocycles. The number of H-pyrrole nitrogens is 1. The highest BCUT2D eigenvalue weighted by atomic mass is 16.6. The van der Waals surface area contributed by atoms with Gasteiger partial charge in [-0.3, -0.25) is 0 Å². The third kappa shape index (κ3) is 12.1. The molecule has 2 aromatic heterocycles. The van der Waals surface area contributed by atoms with Crippen molar-refractivity contribution in [2.45, 2.75) is 98.6 Å². The molecule has 4 bridgehead atoms. The predicted molar refractivity (Wildman–Crippen MR) is 218 cm³/mol. The second-order valence-electron chi connectivity index (χ2n) is 15.8. The number of nitrogens with one attached hydrogen (secondary N) is 1. The van der Waals surface area contributed by atoms with Crippen LogP contribution in [0.15, 0.2) is 104 Å². The number of aromatic nitrogens is 4. The molecule has 2 aliphatic rings. The number of hydrogen-bond donors (Lipinski definition) is 3. The van der Waals surface area contributed by atoms with Gasteiger partial charge in [0.25, 0.3) is 0 Å². The molecule has 10 heteroatoms. The maximum Gasteiger partial charge on any atom is 0.358 e. The first-order chi connectivity index (χ1) is 26.2. The Balaban J connectivity index is 1.58. The number of nitrogens with zero attached hydrogens (tertiary/aromatic N) is 3. The standard InChI is InChI=1S/C45H60N4O6/c1-9-19-36(50)44(4,5)38-24-15-13-11-12-14-21-31(3)27-40-46-29-34(47-40)42(52)54-39(45(6,7)37(51)20-10-2)25-18-23-33-28-32(33)22-16-17-26-41-48-35(30-49(41)8)43(53)55-38/h9-23,26,29-33,36-39,50-51H,24-25,27-28H2,1-8H3,(H,46,47)/b12-11-,15-13-,19-9+,20-10+,21-14+,22-16+,23-18-,26-17-/t31-,32+,33-,36-,37-,38-,39-/m0/s1. The molecule has 0 saturated heterocycles. The molecule has 10 nitrogen and oxygen atoms in total. The molecule has 2 aromatic rings. The molecule has 0 unspecified atom stereocenters. The monoisotopic (exact) mass is 752 g/mol. The van der Waals surface area contributed by atoms with E-state index in [1.54, 1.807) is 35.1 Å². The van der Waals surface area contributed by atoms with Crippen molar-refractivity contribution in [2.75, 3.05) is 0 Å². The van der Waals surface area contributed by atoms with E-state index in [4.69, 9.17) is 9.47 Å². The summed E-state index contributed by atoms with van der Waals surface area (Å²) in [4.78, 5) is 38.9. The van der Waals surface area contributed by atoms with Gasteiger partial charge in [-0.05, 0) is 44.1 Å². The van der Waals surface area contributed by atoms with E-state index in [-0.39, 0.29) is 17.3 Å². The van der Waals surface area contributed by atoms with Crippen LogP contribution in [0, 0.1) is 28.6 Å². The SMILES string of the molecule is C/C=C/[C@H](O)C(C)(C)[C@@H]1C\C=C/C=C\C=C\[C@H](C)Cc2ncc([nH]2)C(=O)O[C@H](C(C)(C)[C@@H](O)/C=C/C)C/C=C\[C@H]2C[C@H]2/C=C/C=C\c2nc(cn2C)C(=O)O1. The van der Waals surface area contributed by atoms with E-state index >= 15 is 0 Å². The number of cyclic esters (lactones) is 2. The van der Waals surface area contributed by atoms with Crippen molar-refractivity contribution in [3.63, 3.8) is 0 Å². The van der Waals surface area contributed by atoms with E-state index in [1.807, 2.05) is 103 Å². The van der Waals surface area contributed by atoms with Crippen molar-refractivity contribution in [1.29, 1.82) is 0 Å². The van der Waals surface area contributed by atoms with Gasteiger partial charge >= 0.3 is 11.9 Å². The van der Waals surface area contributed by atoms with Crippen LogP contribution in [-0.4, -0.2) is 66.1 Å². The fourth-order valence-electron chi connectivity index (χ4n) is 6.37. The average molecular weight is 753 g/mol. The summed E-state index contributed by atoms with van der Waals surface area (Å²) in [6.07, 6.45) is 33.5. The Morgan fingerprint density at radius 1 is 0.836 bits per heavy atom. The molecule has 0 amide bonds. The molecule has 55 heavy (non-hydrogen) atoms. The van der Waals surface area contributed by atoms with Crippen LogP contribution in [0.3, 0.4) is 0 Å². The molecule has 0 spiro atoms. The van der Waals surface area contributed by atoms with Crippen LogP contribution >= 0.6 is 0 Å². The number of allylic oxidation sites excluding steroid dienone is 11. The van der Waals surface area contributed by atoms with Gasteiger partial charge in [-0.25, -0.2) is 19.6 Å². The van der Waals surface area contributed by atoms with Crippen molar-refractivity contribution in [3.8, 4) is 0 Å². The minimum Gasteiger partial charge on any atom is -0.457 e. The lowest BCUT2D eigenvalue weighted by Gasteiger charge is -2.36. The van der Waals surface area contributed by atoms with E-state index in [2.05, 4.69) is 40.1 Å². The molecule has 7 atom stereocenters. The molecular formula is C45H60N4O6. The zero-order valence-electron chi connectivity index (χ0n) is 33.6. The summed E-state index contributed by atoms with van der Waals surface area (Å²) in [5.41, 5.74) is -1.07. The predicted octanol–water partition coefficient (Wildman–Crippen LogP) is 8.22. The number of carbonyl (C=O) groups is 2. The van der Waals surface area contributed by atoms with E-state index in [1.165, 1.54) is 6.20 Å². The third-order valence-electron chi connectivity index (χ3n) is 10.5. The summed E-state index contributed by atoms with van der Waals surface area (Å²) in [6, 6.07) is 0. The van der Waals surface area contributed by atoms with Crippen LogP contribution in [0.4, 0.5) is 0 Å². The first kappa shape index (κ1) is 42.9. The highest BCUT2D eigenvalue weighted by Crippen LogP contribution is 2.41. The van der Waals surface area contributed by atoms with Gasteiger partial charge in [-0.2, -0.15) is 0 Å². The molecule has 3 N–H and O–H groups in total. The molecule has 296 valence electrons. The average Bonchev–Trinajstić information content (AvgIpc) is 3.51. The largest absolute Gasteiger partial charge is 0.457 e. The number of carbonyl (C=O) groups excluding carboxylic acids is 2. The van der Waals surface area contributed by atoms with Crippen LogP contribution in [0.5, 0.6) is 0 Å². The zero-order valence-corrected chi connectivity index (χ0v) is 33.6. The minimum atomic E-state index is -0.829. The minimum absolute atomic E-state index is 0.123. The summed E-state index contributed by atoms with van der Waals surface area (Å²) in [5.74, 6) is 1.08. The molecule has 1 aliphatic heterocycles. The van der Waals surface area contributed by atoms with Gasteiger partial charge in [0.15, 0.2) is 5.69 Å². The lowest BCUT2D eigenvalue weighted by molar-refractivity contribution is -0.0461. The number of aromatic amines is 1. The normalized spacial score (nSPS) is 28.3. The summed E-state index contributed by atoms with van der Waals surface area (Å²) in [6.45, 7) is 13.3. The van der Waals surface area contributed by atoms with Gasteiger partial charge in [0.05, 0.1) is 18.4 Å². The lowest BCUT2D eigenvalue weighted by atomic mass is 9.79. The summed E-state index contributed by atoms with van der Waals surface area (Å²) < 4.78 is 13.9. The van der Waals surface area contributed by atoms with Gasteiger partial charge in [0, 0.05) is 43.3 Å². The number of ether oxygens (including phenoxy) is 2. The Morgan fingerprint density at radius 2 is 1.44 bits per heavy atom. The second kappa shape index (κ2) is 19.7. The van der Waals surface area contributed by atoms with Gasteiger partial charge in [-0.1, -0.05) is 126 Å². The maximum atomic E-state index is 13.4. The van der Waals surface area contributed by atoms with Gasteiger partial charge < -0.3 is 29.2 Å². The van der Waals surface area contributed by atoms with Crippen molar-refractivity contribution < 1.29 is 29.3 Å². The molecular weight excluding hydrogens is 693 g/mol. The molecule has 4 rings (SSSR count). The van der Waals surface area contributed by atoms with Crippen molar-refractivity contribution in [2.24, 2.45) is 35.6 Å². The summed E-state index contributed by atoms with van der Waals surface area (Å²) in [7, 11) is 1.83. The fourth-order valence-corrected chi connectivity index (χ4v) is 6.37. The fraction of sp³-hybridized carbons (Fsp3) is 0.467. The van der Waals surface area contributed by atoms with E-state index in [9.17, 15) is 19.8 Å². The third-order valence-corrected chi connectivity index (χ3v) is 10.5. The van der Waals surface area contributed by atoms with Crippen molar-refractivity contribution in [1.82, 2.24) is 19.5 Å². The highest BCUT2D eigenvalue weighted by Gasteiger charge is 2.39. The van der Waals surface area contributed by atoms with Gasteiger partial charge in [-0.15, -0.1) is 0 Å². The Labute approximate surface area is 326 Å². The maximum absolute atomic E-state index is 13.4. The van der Waals surface area contributed by atoms with E-state index in [0.29, 0.717) is 42.7 Å². The Kier molecular flexibility index (Phi) is 15.4. The van der Waals surface area contributed by atoms with Crippen LogP contribution in [-0.2, 0) is 22.9 Å². The van der Waals surface area contributed by atoms with Crippen LogP contribution < -0.4 is 0 Å². The van der Waals surface area contributed by atoms with Crippen LogP contribution in [0.25, 0.3) is 6.08 Å². The number of aliphatic hydroxyl groups is 2. The summed E-state index contributed by atoms with van der Waals surface area (Å²) >= 11 is 0. The van der Waals surface area contributed by atoms with Gasteiger partial charge in [0.1, 0.15) is 29.6 Å². The van der Waals surface area contributed by atoms with Crippen molar-refractivity contribution in [3.05, 3.63) is 127 Å². The molecule has 1 fully saturated rings. The lowest BCUT2D eigenvalue weighted by Crippen LogP contribution is -2.42. The highest BCUT2D eigenvalue weighted by molar-refractivity contribution is 5.88. The van der Waals surface area contributed by atoms with E-state index < -0.39 is 47.2 Å². The molecule has 0 radical (unpaired) electrons.